The van der Waals surface area contributed by atoms with Gasteiger partial charge in [0.15, 0.2) is 0 Å². The minimum atomic E-state index is 0.235. The van der Waals surface area contributed by atoms with Gasteiger partial charge in [0, 0.05) is 12.4 Å². The maximum absolute atomic E-state index is 4.14. The van der Waals surface area contributed by atoms with E-state index < -0.39 is 0 Å². The van der Waals surface area contributed by atoms with Gasteiger partial charge in [0.2, 0.25) is 0 Å². The summed E-state index contributed by atoms with van der Waals surface area (Å²) in [6, 6.07) is 11.0. The van der Waals surface area contributed by atoms with Crippen LogP contribution in [0.15, 0.2) is 42.7 Å². The van der Waals surface area contributed by atoms with Crippen molar-refractivity contribution in [2.75, 3.05) is 7.05 Å². The van der Waals surface area contributed by atoms with Crippen LogP contribution < -0.4 is 5.32 Å². The quantitative estimate of drug-likeness (QED) is 0.870. The first kappa shape index (κ1) is 11.8. The molecule has 0 aliphatic rings. The number of hydrogen-bond donors (Lipinski definition) is 1. The van der Waals surface area contributed by atoms with Gasteiger partial charge >= 0.3 is 0 Å². The van der Waals surface area contributed by atoms with Gasteiger partial charge in [-0.2, -0.15) is 0 Å². The van der Waals surface area contributed by atoms with Gasteiger partial charge in [-0.05, 0) is 43.7 Å². The molecule has 2 rings (SSSR count). The summed E-state index contributed by atoms with van der Waals surface area (Å²) in [6.07, 6.45) is 3.76. The Labute approximate surface area is 103 Å². The van der Waals surface area contributed by atoms with Gasteiger partial charge in [0.1, 0.15) is 0 Å². The Kier molecular flexibility index (Phi) is 3.55. The number of nitrogens with one attached hydrogen (secondary N) is 1. The topological polar surface area (TPSA) is 24.9 Å². The minimum absolute atomic E-state index is 0.235. The third-order valence-electron chi connectivity index (χ3n) is 3.07. The summed E-state index contributed by atoms with van der Waals surface area (Å²) >= 11 is 0. The van der Waals surface area contributed by atoms with Crippen LogP contribution in [0.1, 0.15) is 28.3 Å². The van der Waals surface area contributed by atoms with E-state index in [-0.39, 0.29) is 6.04 Å². The van der Waals surface area contributed by atoms with Crippen LogP contribution in [0.25, 0.3) is 0 Å². The Morgan fingerprint density at radius 1 is 1.06 bits per heavy atom. The average Bonchev–Trinajstić information content (AvgIpc) is 2.35. The van der Waals surface area contributed by atoms with Crippen molar-refractivity contribution in [3.63, 3.8) is 0 Å². The summed E-state index contributed by atoms with van der Waals surface area (Å²) in [6.45, 7) is 4.21. The van der Waals surface area contributed by atoms with E-state index in [0.717, 1.165) is 0 Å². The van der Waals surface area contributed by atoms with Gasteiger partial charge in [-0.1, -0.05) is 29.8 Å². The number of pyridine rings is 1. The number of aromatic nitrogens is 1. The second kappa shape index (κ2) is 5.11. The first-order chi connectivity index (χ1) is 8.22. The smallest absolute Gasteiger partial charge is 0.0578 e. The fraction of sp³-hybridized carbons (Fsp3) is 0.267. The number of benzene rings is 1. The van der Waals surface area contributed by atoms with Crippen molar-refractivity contribution in [3.05, 3.63) is 65.0 Å². The van der Waals surface area contributed by atoms with E-state index in [1.165, 1.54) is 22.3 Å². The molecule has 1 atom stereocenters. The highest BCUT2D eigenvalue weighted by Crippen LogP contribution is 2.23. The van der Waals surface area contributed by atoms with Gasteiger partial charge in [-0.3, -0.25) is 4.98 Å². The van der Waals surface area contributed by atoms with Crippen LogP contribution in [0.3, 0.4) is 0 Å². The minimum Gasteiger partial charge on any atom is -0.309 e. The third-order valence-corrected chi connectivity index (χ3v) is 3.07. The summed E-state index contributed by atoms with van der Waals surface area (Å²) < 4.78 is 0. The van der Waals surface area contributed by atoms with Crippen molar-refractivity contribution >= 4 is 0 Å². The summed E-state index contributed by atoms with van der Waals surface area (Å²) in [7, 11) is 1.99. The molecule has 2 nitrogen and oxygen atoms in total. The highest BCUT2D eigenvalue weighted by molar-refractivity contribution is 5.36. The second-order valence-corrected chi connectivity index (χ2v) is 4.36. The first-order valence-corrected chi connectivity index (χ1v) is 5.86. The van der Waals surface area contributed by atoms with Crippen LogP contribution in [0.2, 0.25) is 0 Å². The fourth-order valence-electron chi connectivity index (χ4n) is 2.07. The number of hydrogen-bond acceptors (Lipinski definition) is 2. The van der Waals surface area contributed by atoms with Crippen molar-refractivity contribution in [1.82, 2.24) is 10.3 Å². The molecule has 0 amide bonds. The molecule has 0 spiro atoms. The Hall–Kier alpha value is -1.67. The number of nitrogens with zero attached hydrogens (tertiary/aromatic N) is 1. The molecule has 0 aliphatic carbocycles. The van der Waals surface area contributed by atoms with E-state index in [0.29, 0.717) is 0 Å². The predicted molar refractivity (Wildman–Crippen MR) is 71.1 cm³/mol. The summed E-state index contributed by atoms with van der Waals surface area (Å²) in [4.78, 5) is 4.14. The van der Waals surface area contributed by atoms with Gasteiger partial charge in [-0.25, -0.2) is 0 Å². The molecule has 0 saturated heterocycles. The molecule has 0 bridgehead atoms. The normalized spacial score (nSPS) is 12.4. The first-order valence-electron chi connectivity index (χ1n) is 5.86. The van der Waals surface area contributed by atoms with E-state index in [1.807, 2.05) is 19.4 Å². The monoisotopic (exact) mass is 226 g/mol. The maximum Gasteiger partial charge on any atom is 0.0578 e. The molecule has 1 aromatic carbocycles. The Bertz CT molecular complexity index is 489. The highest BCUT2D eigenvalue weighted by Gasteiger charge is 2.13. The fourth-order valence-corrected chi connectivity index (χ4v) is 2.07. The van der Waals surface area contributed by atoms with Crippen LogP contribution >= 0.6 is 0 Å². The van der Waals surface area contributed by atoms with Crippen molar-refractivity contribution in [1.29, 1.82) is 0 Å². The highest BCUT2D eigenvalue weighted by atomic mass is 14.9. The zero-order chi connectivity index (χ0) is 12.3. The molecule has 2 aromatic rings. The van der Waals surface area contributed by atoms with Crippen molar-refractivity contribution < 1.29 is 0 Å². The molecule has 0 aliphatic heterocycles. The Balaban J connectivity index is 2.40. The van der Waals surface area contributed by atoms with E-state index in [1.54, 1.807) is 0 Å². The van der Waals surface area contributed by atoms with E-state index in [2.05, 4.69) is 54.5 Å². The molecule has 1 heterocycles. The van der Waals surface area contributed by atoms with E-state index in [9.17, 15) is 0 Å². The van der Waals surface area contributed by atoms with Gasteiger partial charge in [0.05, 0.1) is 6.04 Å². The van der Waals surface area contributed by atoms with Crippen LogP contribution in [-0.2, 0) is 0 Å². The van der Waals surface area contributed by atoms with E-state index >= 15 is 0 Å². The molecule has 1 unspecified atom stereocenters. The van der Waals surface area contributed by atoms with Crippen molar-refractivity contribution in [3.8, 4) is 0 Å². The van der Waals surface area contributed by atoms with Gasteiger partial charge < -0.3 is 5.32 Å². The lowest BCUT2D eigenvalue weighted by Crippen LogP contribution is -2.18. The van der Waals surface area contributed by atoms with Crippen LogP contribution in [0.4, 0.5) is 0 Å². The molecular formula is C15H18N2. The molecule has 2 heteroatoms. The lowest BCUT2D eigenvalue weighted by molar-refractivity contribution is 0.686. The van der Waals surface area contributed by atoms with Crippen LogP contribution in [0.5, 0.6) is 0 Å². The van der Waals surface area contributed by atoms with Crippen LogP contribution in [0, 0.1) is 13.8 Å². The lowest BCUT2D eigenvalue weighted by Gasteiger charge is -2.19. The zero-order valence-electron chi connectivity index (χ0n) is 10.6. The number of rotatable bonds is 3. The zero-order valence-corrected chi connectivity index (χ0v) is 10.6. The molecule has 1 N–H and O–H groups in total. The van der Waals surface area contributed by atoms with Gasteiger partial charge in [0.25, 0.3) is 0 Å². The lowest BCUT2D eigenvalue weighted by atomic mass is 9.96. The summed E-state index contributed by atoms with van der Waals surface area (Å²) in [5, 5.41) is 3.37. The SMILES string of the molecule is CNC(c1ccc(C)cc1)c1ccncc1C. The number of aryl methyl sites for hydroxylation is 2. The summed E-state index contributed by atoms with van der Waals surface area (Å²) in [5.41, 5.74) is 5.07. The van der Waals surface area contributed by atoms with Crippen molar-refractivity contribution in [2.24, 2.45) is 0 Å². The Morgan fingerprint density at radius 3 is 2.35 bits per heavy atom. The molecule has 0 radical (unpaired) electrons. The van der Waals surface area contributed by atoms with Crippen LogP contribution in [-0.4, -0.2) is 12.0 Å². The third kappa shape index (κ3) is 2.53. The molecule has 0 fully saturated rings. The molecule has 88 valence electrons. The van der Waals surface area contributed by atoms with Gasteiger partial charge in [-0.15, -0.1) is 0 Å². The molecule has 1 aromatic heterocycles. The summed E-state index contributed by atoms with van der Waals surface area (Å²) in [5.74, 6) is 0. The second-order valence-electron chi connectivity index (χ2n) is 4.36. The average molecular weight is 226 g/mol. The maximum atomic E-state index is 4.14. The predicted octanol–water partition coefficient (Wildman–Crippen LogP) is 3.01. The van der Waals surface area contributed by atoms with Crippen molar-refractivity contribution in [2.45, 2.75) is 19.9 Å². The molecule has 17 heavy (non-hydrogen) atoms. The largest absolute Gasteiger partial charge is 0.309 e. The molecule has 0 saturated carbocycles. The van der Waals surface area contributed by atoms with E-state index in [4.69, 9.17) is 0 Å². The Morgan fingerprint density at radius 2 is 1.76 bits per heavy atom. The molecular weight excluding hydrogens is 208 g/mol. The standard InChI is InChI=1S/C15H18N2/c1-11-4-6-13(7-5-11)15(16-3)14-8-9-17-10-12(14)2/h4-10,15-16H,1-3H3.